The first-order chi connectivity index (χ1) is 18.1. The lowest BCUT2D eigenvalue weighted by atomic mass is 9.60. The summed E-state index contributed by atoms with van der Waals surface area (Å²) in [6.07, 6.45) is 4.46. The van der Waals surface area contributed by atoms with E-state index in [1.54, 1.807) is 7.11 Å². The molecule has 0 radical (unpaired) electrons. The molecule has 4 heterocycles. The lowest BCUT2D eigenvalue weighted by Gasteiger charge is -2.57. The van der Waals surface area contributed by atoms with Crippen LogP contribution in [0.5, 0.6) is 0 Å². The van der Waals surface area contributed by atoms with Gasteiger partial charge in [-0.1, -0.05) is 13.8 Å². The van der Waals surface area contributed by atoms with E-state index in [0.717, 1.165) is 71.1 Å². The molecule has 0 aromatic carbocycles. The summed E-state index contributed by atoms with van der Waals surface area (Å²) in [5.41, 5.74) is -0.515. The Labute approximate surface area is 226 Å². The smallest absolute Gasteiger partial charge is 0.251 e. The molecular weight excluding hydrogens is 494 g/mol. The van der Waals surface area contributed by atoms with Crippen LogP contribution in [0.15, 0.2) is 0 Å². The van der Waals surface area contributed by atoms with Gasteiger partial charge in [0.25, 0.3) is 6.43 Å². The van der Waals surface area contributed by atoms with Crippen LogP contribution in [0.2, 0.25) is 0 Å². The van der Waals surface area contributed by atoms with Crippen molar-refractivity contribution < 1.29 is 32.9 Å². The van der Waals surface area contributed by atoms with Gasteiger partial charge in [0.05, 0.1) is 31.0 Å². The quantitative estimate of drug-likeness (QED) is 0.370. The number of carbonyl (C=O) groups is 1. The molecule has 1 aliphatic carbocycles. The van der Waals surface area contributed by atoms with E-state index >= 15 is 0 Å². The zero-order valence-electron chi connectivity index (χ0n) is 23.6. The van der Waals surface area contributed by atoms with Crippen molar-refractivity contribution in [3.8, 4) is 0 Å². The SMILES string of the molecule is CO[C@H]1[C@@H](C2[C@H](CCC3CCN(CC(F)F)CC3)CN2C(=O)[O-])CCC2(CO2)[C@H]1[C@@]1(C)O[C@@H]1CCC(C)C. The highest BCUT2D eigenvalue weighted by atomic mass is 19.3. The van der Waals surface area contributed by atoms with E-state index in [0.29, 0.717) is 18.4 Å². The Bertz CT molecular complexity index is 834. The molecule has 0 bridgehead atoms. The zero-order valence-corrected chi connectivity index (χ0v) is 23.6. The molecule has 1 amide bonds. The molecule has 0 N–H and O–H groups in total. The van der Waals surface area contributed by atoms with Gasteiger partial charge in [-0.05, 0) is 89.1 Å². The van der Waals surface area contributed by atoms with E-state index < -0.39 is 12.5 Å². The lowest BCUT2D eigenvalue weighted by Crippen LogP contribution is -2.68. The number of epoxide rings is 2. The van der Waals surface area contributed by atoms with Gasteiger partial charge in [0.1, 0.15) is 11.7 Å². The minimum absolute atomic E-state index is 0.0798. The number of halogens is 2. The number of hydrogen-bond donors (Lipinski definition) is 0. The molecule has 1 spiro atoms. The molecule has 4 aliphatic heterocycles. The van der Waals surface area contributed by atoms with Gasteiger partial charge in [0, 0.05) is 31.5 Å². The average molecular weight is 542 g/mol. The largest absolute Gasteiger partial charge is 0.530 e. The zero-order chi connectivity index (χ0) is 27.2. The molecule has 0 aromatic rings. The fraction of sp³-hybridized carbons (Fsp3) is 0.966. The molecule has 5 rings (SSSR count). The molecule has 2 unspecified atom stereocenters. The molecule has 218 valence electrons. The first-order valence-corrected chi connectivity index (χ1v) is 14.9. The number of amides is 1. The van der Waals surface area contributed by atoms with E-state index in [1.807, 2.05) is 4.90 Å². The fourth-order valence-corrected chi connectivity index (χ4v) is 8.34. The lowest BCUT2D eigenvalue weighted by molar-refractivity contribution is -0.281. The predicted molar refractivity (Wildman–Crippen MR) is 137 cm³/mol. The maximum atomic E-state index is 12.7. The van der Waals surface area contributed by atoms with Crippen LogP contribution < -0.4 is 5.11 Å². The number of alkyl halides is 2. The van der Waals surface area contributed by atoms with Crippen molar-refractivity contribution in [1.29, 1.82) is 0 Å². The third kappa shape index (κ3) is 5.59. The maximum Gasteiger partial charge on any atom is 0.251 e. The van der Waals surface area contributed by atoms with Crippen LogP contribution >= 0.6 is 0 Å². The van der Waals surface area contributed by atoms with E-state index in [1.165, 1.54) is 4.90 Å². The van der Waals surface area contributed by atoms with E-state index in [4.69, 9.17) is 14.2 Å². The summed E-state index contributed by atoms with van der Waals surface area (Å²) in [5.74, 6) is 1.57. The highest BCUT2D eigenvalue weighted by Crippen LogP contribution is 2.61. The summed E-state index contributed by atoms with van der Waals surface area (Å²) in [7, 11) is 1.76. The van der Waals surface area contributed by atoms with Crippen molar-refractivity contribution in [2.45, 2.75) is 108 Å². The van der Waals surface area contributed by atoms with Crippen LogP contribution in [-0.4, -0.2) is 91.7 Å². The van der Waals surface area contributed by atoms with Crippen LogP contribution in [0, 0.1) is 29.6 Å². The van der Waals surface area contributed by atoms with E-state index in [2.05, 4.69) is 20.8 Å². The van der Waals surface area contributed by atoms with Crippen molar-refractivity contribution in [2.24, 2.45) is 29.6 Å². The van der Waals surface area contributed by atoms with Crippen LogP contribution in [0.4, 0.5) is 13.6 Å². The maximum absolute atomic E-state index is 12.7. The monoisotopic (exact) mass is 541 g/mol. The summed E-state index contributed by atoms with van der Waals surface area (Å²) in [4.78, 5) is 15.5. The van der Waals surface area contributed by atoms with Crippen molar-refractivity contribution in [3.63, 3.8) is 0 Å². The van der Waals surface area contributed by atoms with Gasteiger partial charge in [0.15, 0.2) is 0 Å². The summed E-state index contributed by atoms with van der Waals surface area (Å²) in [5, 5.41) is 12.1. The van der Waals surface area contributed by atoms with E-state index in [-0.39, 0.29) is 53.8 Å². The number of rotatable bonds is 11. The van der Waals surface area contributed by atoms with Crippen LogP contribution in [-0.2, 0) is 14.2 Å². The number of methoxy groups -OCH3 is 1. The van der Waals surface area contributed by atoms with E-state index in [9.17, 15) is 18.7 Å². The third-order valence-corrected chi connectivity index (χ3v) is 10.6. The summed E-state index contributed by atoms with van der Waals surface area (Å²) in [6, 6.07) is -0.112. The molecule has 8 atom stereocenters. The molecule has 4 saturated heterocycles. The average Bonchev–Trinajstić information content (AvgIpc) is 3.75. The number of nitrogens with zero attached hydrogens (tertiary/aromatic N) is 2. The minimum atomic E-state index is -2.28. The molecule has 38 heavy (non-hydrogen) atoms. The molecular formula is C29H47F2N2O5-. The molecule has 5 fully saturated rings. The number of hydrogen-bond acceptors (Lipinski definition) is 6. The van der Waals surface area contributed by atoms with Gasteiger partial charge in [0.2, 0.25) is 0 Å². The normalized spacial score (nSPS) is 41.6. The summed E-state index contributed by atoms with van der Waals surface area (Å²) in [6.45, 7) is 9.23. The minimum Gasteiger partial charge on any atom is -0.530 e. The first kappa shape index (κ1) is 28.5. The van der Waals surface area contributed by atoms with Gasteiger partial charge in [-0.2, -0.15) is 0 Å². The van der Waals surface area contributed by atoms with Crippen molar-refractivity contribution in [2.75, 3.05) is 39.9 Å². The van der Waals surface area contributed by atoms with Crippen LogP contribution in [0.1, 0.15) is 72.1 Å². The molecule has 5 aliphatic rings. The van der Waals surface area contributed by atoms with Gasteiger partial charge >= 0.3 is 0 Å². The van der Waals surface area contributed by atoms with Crippen LogP contribution in [0.25, 0.3) is 0 Å². The Kier molecular flexibility index (Phi) is 8.32. The second-order valence-corrected chi connectivity index (χ2v) is 13.4. The van der Waals surface area contributed by atoms with Crippen LogP contribution in [0.3, 0.4) is 0 Å². The van der Waals surface area contributed by atoms with Gasteiger partial charge in [-0.3, -0.25) is 4.90 Å². The van der Waals surface area contributed by atoms with Gasteiger partial charge in [-0.15, -0.1) is 0 Å². The van der Waals surface area contributed by atoms with Gasteiger partial charge < -0.3 is 29.0 Å². The Morgan fingerprint density at radius 2 is 1.87 bits per heavy atom. The molecule has 1 saturated carbocycles. The summed E-state index contributed by atoms with van der Waals surface area (Å²) < 4.78 is 44.2. The second kappa shape index (κ2) is 11.1. The number of piperidine rings is 1. The van der Waals surface area contributed by atoms with Crippen molar-refractivity contribution >= 4 is 6.09 Å². The fourth-order valence-electron chi connectivity index (χ4n) is 8.34. The first-order valence-electron chi connectivity index (χ1n) is 14.9. The van der Waals surface area contributed by atoms with Crippen molar-refractivity contribution in [3.05, 3.63) is 0 Å². The second-order valence-electron chi connectivity index (χ2n) is 13.4. The molecule has 0 aromatic heterocycles. The highest BCUT2D eigenvalue weighted by Gasteiger charge is 2.72. The topological polar surface area (TPSA) is 80.9 Å². The number of likely N-dealkylation sites (tertiary alicyclic amines) is 2. The predicted octanol–water partition coefficient (Wildman–Crippen LogP) is 3.79. The standard InChI is InChI=1S/C29H48F2N2O5/c1-18(2)5-8-22-28(3,38-22)26-25(36-4)21(9-12-29(26)17-37-29)24-20(15-33(24)27(34)35)7-6-19-10-13-32(14-11-19)16-23(30)31/h18-26H,5-17H2,1-4H3,(H,34,35)/p-1/t20-,21-,22-,24?,25+,26-,28+,29?/m1/s1. The summed E-state index contributed by atoms with van der Waals surface area (Å²) >= 11 is 0. The highest BCUT2D eigenvalue weighted by molar-refractivity contribution is 5.64. The van der Waals surface area contributed by atoms with Gasteiger partial charge in [-0.25, -0.2) is 8.78 Å². The Morgan fingerprint density at radius 1 is 1.16 bits per heavy atom. The van der Waals surface area contributed by atoms with Crippen molar-refractivity contribution in [1.82, 2.24) is 9.80 Å². The molecule has 9 heteroatoms. The Morgan fingerprint density at radius 3 is 2.45 bits per heavy atom. The third-order valence-electron chi connectivity index (χ3n) is 10.6. The Balaban J connectivity index is 1.24. The number of carbonyl (C=O) groups excluding carboxylic acids is 1. The Hall–Kier alpha value is -1.03. The molecule has 7 nitrogen and oxygen atoms in total. The number of ether oxygens (including phenoxy) is 3. The number of carboxylic acid groups (broad SMARTS) is 1.